The maximum absolute atomic E-state index is 2.60. The molecule has 0 nitrogen and oxygen atoms in total. The van der Waals surface area contributed by atoms with Crippen LogP contribution in [0.15, 0.2) is 149 Å². The van der Waals surface area contributed by atoms with Crippen molar-refractivity contribution < 1.29 is 0 Å². The Bertz CT molecular complexity index is 2810. The van der Waals surface area contributed by atoms with Crippen molar-refractivity contribution in [2.75, 3.05) is 0 Å². The summed E-state index contributed by atoms with van der Waals surface area (Å²) in [6.07, 6.45) is 28.4. The third-order valence-electron chi connectivity index (χ3n) is 13.9. The third kappa shape index (κ3) is 11.2. The number of hydrogen-bond donors (Lipinski definition) is 0. The minimum absolute atomic E-state index is 0.0180. The monoisotopic (exact) mass is 901 g/mol. The van der Waals surface area contributed by atoms with E-state index >= 15 is 0 Å². The van der Waals surface area contributed by atoms with Gasteiger partial charge in [0.05, 0.1) is 0 Å². The molecule has 4 aromatic carbocycles. The maximum atomic E-state index is 2.60. The summed E-state index contributed by atoms with van der Waals surface area (Å²) in [7, 11) is 0. The van der Waals surface area contributed by atoms with Gasteiger partial charge in [-0.25, -0.2) is 0 Å². The second kappa shape index (κ2) is 20.2. The molecule has 1 unspecified atom stereocenters. The molecule has 0 aliphatic heterocycles. The minimum atomic E-state index is -0.0750. The first-order valence-electron chi connectivity index (χ1n) is 25.6. The summed E-state index contributed by atoms with van der Waals surface area (Å²) in [5.74, 6) is 0.267. The summed E-state index contributed by atoms with van der Waals surface area (Å²) in [4.78, 5) is 0. The van der Waals surface area contributed by atoms with Gasteiger partial charge in [0, 0.05) is 5.92 Å². The third-order valence-corrected chi connectivity index (χ3v) is 13.9. The Kier molecular flexibility index (Phi) is 15.5. The minimum Gasteiger partial charge on any atom is -0.0830 e. The van der Waals surface area contributed by atoms with E-state index in [1.807, 2.05) is 13.8 Å². The molecule has 0 saturated heterocycles. The second-order valence-corrected chi connectivity index (χ2v) is 23.5. The number of aryl methyl sites for hydroxylation is 1. The van der Waals surface area contributed by atoms with Crippen LogP contribution in [-0.2, 0) is 10.8 Å². The average molecular weight is 901 g/mol. The molecule has 7 rings (SSSR count). The van der Waals surface area contributed by atoms with Gasteiger partial charge in [-0.3, -0.25) is 0 Å². The van der Waals surface area contributed by atoms with Crippen molar-refractivity contribution in [3.63, 3.8) is 0 Å². The highest BCUT2D eigenvalue weighted by Crippen LogP contribution is 2.57. The van der Waals surface area contributed by atoms with Crippen molar-refractivity contribution in [2.24, 2.45) is 10.8 Å². The zero-order chi connectivity index (χ0) is 50.1. The van der Waals surface area contributed by atoms with Gasteiger partial charge in [0.15, 0.2) is 0 Å². The van der Waals surface area contributed by atoms with Gasteiger partial charge in [-0.2, -0.15) is 0 Å². The molecular formula is C68H84. The van der Waals surface area contributed by atoms with Gasteiger partial charge in [0.1, 0.15) is 0 Å². The van der Waals surface area contributed by atoms with Crippen LogP contribution < -0.4 is 0 Å². The lowest BCUT2D eigenvalue weighted by molar-refractivity contribution is 0.509. The van der Waals surface area contributed by atoms with Gasteiger partial charge < -0.3 is 0 Å². The molecule has 3 aliphatic carbocycles. The van der Waals surface area contributed by atoms with E-state index in [1.54, 1.807) is 0 Å². The van der Waals surface area contributed by atoms with Crippen LogP contribution in [0.2, 0.25) is 0 Å². The fourth-order valence-corrected chi connectivity index (χ4v) is 10.2. The molecule has 1 atom stereocenters. The molecule has 0 aromatic heterocycles. The Labute approximate surface area is 414 Å². The fraction of sp³-hybridized carbons (Fsp3) is 0.382. The van der Waals surface area contributed by atoms with Crippen LogP contribution in [0, 0.1) is 17.8 Å². The summed E-state index contributed by atoms with van der Waals surface area (Å²) in [6.45, 7) is 43.4. The van der Waals surface area contributed by atoms with Crippen LogP contribution >= 0.6 is 0 Å². The fourth-order valence-electron chi connectivity index (χ4n) is 10.2. The van der Waals surface area contributed by atoms with E-state index in [9.17, 15) is 0 Å². The molecule has 4 aromatic rings. The first kappa shape index (κ1) is 51.9. The second-order valence-electron chi connectivity index (χ2n) is 23.5. The normalized spacial score (nSPS) is 20.3. The quantitative estimate of drug-likeness (QED) is 0.169. The van der Waals surface area contributed by atoms with E-state index in [1.165, 1.54) is 111 Å². The van der Waals surface area contributed by atoms with Gasteiger partial charge in [0.2, 0.25) is 0 Å². The molecule has 0 heteroatoms. The summed E-state index contributed by atoms with van der Waals surface area (Å²) < 4.78 is 0. The molecule has 0 amide bonds. The van der Waals surface area contributed by atoms with Gasteiger partial charge in [-0.1, -0.05) is 230 Å². The Hall–Kier alpha value is -5.46. The molecule has 3 aliphatic rings. The van der Waals surface area contributed by atoms with Crippen molar-refractivity contribution in [1.29, 1.82) is 0 Å². The van der Waals surface area contributed by atoms with Crippen LogP contribution in [-0.4, -0.2) is 0 Å². The standard InChI is InChI=1S/C66H78.C2H6/c1-18-45(37-51(64(9,10)11)32-33-63(6,7)8)59-50(36-48-31-30-47(55-27-21-20-24-43(55)4)35-42(3)34-44(5)54(48)19-2)40-58(49-38-52(65(12,13)14)41-53(39-49)66(15,16)17)61-56-28-22-25-46-26-23-29-57(60(46)56)62(59)61;1-2/h18-27,29-30,32-41,56H,28,31H2,1-17H3;1-2H3/b33-32+,42-35-,44-34+,45-18+,47-30-,48-36-,51-37+,54-19-;. The van der Waals surface area contributed by atoms with E-state index < -0.39 is 0 Å². The number of allylic oxidation sites excluding steroid dienone is 16. The number of benzene rings is 4. The van der Waals surface area contributed by atoms with Gasteiger partial charge in [-0.15, -0.1) is 0 Å². The molecule has 356 valence electrons. The summed E-state index contributed by atoms with van der Waals surface area (Å²) >= 11 is 0. The molecule has 0 radical (unpaired) electrons. The molecule has 0 N–H and O–H groups in total. The highest BCUT2D eigenvalue weighted by molar-refractivity contribution is 6.01. The van der Waals surface area contributed by atoms with E-state index in [0.29, 0.717) is 0 Å². The zero-order valence-electron chi connectivity index (χ0n) is 45.7. The number of fused-ring (bicyclic) bond motifs is 3. The molecule has 0 bridgehead atoms. The topological polar surface area (TPSA) is 0 Å². The Morgan fingerprint density at radius 2 is 1.34 bits per heavy atom. The number of hydrogen-bond acceptors (Lipinski definition) is 0. The Morgan fingerprint density at radius 1 is 0.691 bits per heavy atom. The first-order chi connectivity index (χ1) is 31.9. The summed E-state index contributed by atoms with van der Waals surface area (Å²) in [5, 5.41) is 0. The van der Waals surface area contributed by atoms with Crippen LogP contribution in [0.25, 0.3) is 45.6 Å². The van der Waals surface area contributed by atoms with Crippen LogP contribution in [0.4, 0.5) is 0 Å². The molecule has 0 spiro atoms. The van der Waals surface area contributed by atoms with Crippen molar-refractivity contribution in [3.05, 3.63) is 199 Å². The van der Waals surface area contributed by atoms with E-state index in [2.05, 4.69) is 251 Å². The molecule has 0 fully saturated rings. The molecule has 68 heavy (non-hydrogen) atoms. The Balaban J connectivity index is 0.00000376. The maximum Gasteiger partial charge on any atom is 0.0149 e. The molecular weight excluding hydrogens is 817 g/mol. The summed E-state index contributed by atoms with van der Waals surface area (Å²) in [6, 6.07) is 26.0. The highest BCUT2D eigenvalue weighted by Gasteiger charge is 2.37. The predicted molar refractivity (Wildman–Crippen MR) is 304 cm³/mol. The molecule has 0 heterocycles. The number of rotatable bonds is 6. The van der Waals surface area contributed by atoms with E-state index in [-0.39, 0.29) is 27.6 Å². The first-order valence-corrected chi connectivity index (χ1v) is 25.6. The van der Waals surface area contributed by atoms with Crippen molar-refractivity contribution >= 4 is 23.3 Å². The van der Waals surface area contributed by atoms with Crippen molar-refractivity contribution in [1.82, 2.24) is 0 Å². The van der Waals surface area contributed by atoms with Gasteiger partial charge in [-0.05, 0) is 181 Å². The average Bonchev–Trinajstić information content (AvgIpc) is 3.61. The predicted octanol–water partition coefficient (Wildman–Crippen LogP) is 20.5. The van der Waals surface area contributed by atoms with Crippen LogP contribution in [0.3, 0.4) is 0 Å². The smallest absolute Gasteiger partial charge is 0.0149 e. The van der Waals surface area contributed by atoms with Crippen molar-refractivity contribution in [2.45, 2.75) is 161 Å². The lowest BCUT2D eigenvalue weighted by atomic mass is 9.76. The van der Waals surface area contributed by atoms with Crippen LogP contribution in [0.1, 0.15) is 193 Å². The van der Waals surface area contributed by atoms with Gasteiger partial charge in [0.25, 0.3) is 0 Å². The van der Waals surface area contributed by atoms with Crippen LogP contribution in [0.5, 0.6) is 0 Å². The lowest BCUT2D eigenvalue weighted by Gasteiger charge is -2.28. The Morgan fingerprint density at radius 3 is 1.93 bits per heavy atom. The molecule has 0 saturated carbocycles. The largest absolute Gasteiger partial charge is 0.0830 e. The van der Waals surface area contributed by atoms with E-state index in [4.69, 9.17) is 0 Å². The zero-order valence-corrected chi connectivity index (χ0v) is 45.7. The van der Waals surface area contributed by atoms with E-state index in [0.717, 1.165) is 12.8 Å². The SMILES string of the molecule is C/C=C1C(=C/c2cc(-c3cc(C(C)(C)C)cc(C(C)(C)C)c3)c3c(c2C(=C/C)/C=C(\C=C\C(C)(C)C)C(C)(C)C)-c2cccc4c2C3CC=C4)\C/C=C(c2ccccc2C)/C=C(C)\C=C\1C.CC. The highest BCUT2D eigenvalue weighted by atomic mass is 14.4. The lowest BCUT2D eigenvalue weighted by Crippen LogP contribution is -2.16. The summed E-state index contributed by atoms with van der Waals surface area (Å²) in [5.41, 5.74) is 26.7. The van der Waals surface area contributed by atoms with Crippen molar-refractivity contribution in [3.8, 4) is 22.3 Å². The van der Waals surface area contributed by atoms with Gasteiger partial charge >= 0.3 is 0 Å².